The predicted molar refractivity (Wildman–Crippen MR) is 113 cm³/mol. The maximum Gasteiger partial charge on any atom is 0.357 e. The second-order valence-electron chi connectivity index (χ2n) is 7.05. The Hall–Kier alpha value is -4.28. The van der Waals surface area contributed by atoms with E-state index in [0.717, 1.165) is 0 Å². The molecule has 166 valence electrons. The van der Waals surface area contributed by atoms with Gasteiger partial charge in [-0.05, 0) is 28.5 Å². The van der Waals surface area contributed by atoms with Crippen molar-refractivity contribution < 1.29 is 23.5 Å². The van der Waals surface area contributed by atoms with Gasteiger partial charge in [0.15, 0.2) is 18.1 Å². The summed E-state index contributed by atoms with van der Waals surface area (Å²) in [6.07, 6.45) is 2.83. The van der Waals surface area contributed by atoms with Crippen LogP contribution in [0.15, 0.2) is 53.1 Å². The first kappa shape index (κ1) is 22.4. The van der Waals surface area contributed by atoms with Gasteiger partial charge in [-0.2, -0.15) is 4.68 Å². The standard InChI is InChI=1S/C21H22N6O5/c1-14(2)12-22-21(30)23-18(28)13-32-20(29)17(11-16-9-6-10-31-16)27-19(24-25-26-27)15-7-4-3-5-8-15/h3-11,14H,12-13H2,1-2H3,(H2,22,23,28,30)/b17-11+. The molecule has 0 bridgehead atoms. The summed E-state index contributed by atoms with van der Waals surface area (Å²) >= 11 is 0. The molecule has 0 aliphatic heterocycles. The number of benzene rings is 1. The van der Waals surface area contributed by atoms with Gasteiger partial charge < -0.3 is 14.5 Å². The molecule has 2 aromatic heterocycles. The Morgan fingerprint density at radius 1 is 1.16 bits per heavy atom. The molecule has 0 spiro atoms. The Bertz CT molecular complexity index is 1090. The Balaban J connectivity index is 1.75. The lowest BCUT2D eigenvalue weighted by atomic mass is 10.2. The molecule has 0 aliphatic rings. The van der Waals surface area contributed by atoms with Gasteiger partial charge in [0.2, 0.25) is 0 Å². The number of urea groups is 1. The Labute approximate surface area is 183 Å². The van der Waals surface area contributed by atoms with Gasteiger partial charge in [0.25, 0.3) is 5.91 Å². The summed E-state index contributed by atoms with van der Waals surface area (Å²) in [5.74, 6) is -0.805. The summed E-state index contributed by atoms with van der Waals surface area (Å²) in [6.45, 7) is 3.56. The van der Waals surface area contributed by atoms with E-state index in [0.29, 0.717) is 17.9 Å². The number of ether oxygens (including phenoxy) is 1. The highest BCUT2D eigenvalue weighted by molar-refractivity contribution is 6.16. The molecular formula is C21H22N6O5. The Kier molecular flexibility index (Phi) is 7.46. The molecule has 3 amide bonds. The highest BCUT2D eigenvalue weighted by atomic mass is 16.5. The molecule has 0 unspecified atom stereocenters. The van der Waals surface area contributed by atoms with Gasteiger partial charge in [0.05, 0.1) is 6.26 Å². The third-order valence-corrected chi connectivity index (χ3v) is 4.02. The fourth-order valence-electron chi connectivity index (χ4n) is 2.54. The number of nitrogens with one attached hydrogen (secondary N) is 2. The predicted octanol–water partition coefficient (Wildman–Crippen LogP) is 1.96. The zero-order valence-corrected chi connectivity index (χ0v) is 17.5. The summed E-state index contributed by atoms with van der Waals surface area (Å²) in [4.78, 5) is 36.5. The van der Waals surface area contributed by atoms with E-state index in [1.807, 2.05) is 19.9 Å². The van der Waals surface area contributed by atoms with Gasteiger partial charge in [-0.3, -0.25) is 10.1 Å². The molecule has 2 N–H and O–H groups in total. The van der Waals surface area contributed by atoms with E-state index in [-0.39, 0.29) is 17.4 Å². The molecule has 2 heterocycles. The first-order chi connectivity index (χ1) is 15.4. The van der Waals surface area contributed by atoms with Crippen molar-refractivity contribution in [3.63, 3.8) is 0 Å². The number of esters is 1. The summed E-state index contributed by atoms with van der Waals surface area (Å²) in [5, 5.41) is 16.2. The van der Waals surface area contributed by atoms with E-state index < -0.39 is 24.5 Å². The molecular weight excluding hydrogens is 416 g/mol. The van der Waals surface area contributed by atoms with Crippen LogP contribution < -0.4 is 10.6 Å². The minimum absolute atomic E-state index is 0.0825. The number of hydrogen-bond acceptors (Lipinski definition) is 8. The lowest BCUT2D eigenvalue weighted by Crippen LogP contribution is -2.42. The second kappa shape index (κ2) is 10.7. The zero-order valence-electron chi connectivity index (χ0n) is 17.5. The number of carbonyl (C=O) groups excluding carboxylic acids is 3. The monoisotopic (exact) mass is 438 g/mol. The number of tetrazole rings is 1. The third-order valence-electron chi connectivity index (χ3n) is 4.02. The maximum absolute atomic E-state index is 12.8. The van der Waals surface area contributed by atoms with Gasteiger partial charge in [0, 0.05) is 18.2 Å². The Morgan fingerprint density at radius 3 is 2.62 bits per heavy atom. The summed E-state index contributed by atoms with van der Waals surface area (Å²) in [7, 11) is 0. The van der Waals surface area contributed by atoms with Crippen LogP contribution in [-0.4, -0.2) is 51.3 Å². The van der Waals surface area contributed by atoms with Crippen LogP contribution in [-0.2, 0) is 14.3 Å². The molecule has 32 heavy (non-hydrogen) atoms. The molecule has 0 aliphatic carbocycles. The first-order valence-corrected chi connectivity index (χ1v) is 9.78. The molecule has 11 nitrogen and oxygen atoms in total. The van der Waals surface area contributed by atoms with Gasteiger partial charge in [0.1, 0.15) is 5.76 Å². The Morgan fingerprint density at radius 2 is 1.94 bits per heavy atom. The van der Waals surface area contributed by atoms with Gasteiger partial charge in [-0.15, -0.1) is 5.10 Å². The molecule has 0 radical (unpaired) electrons. The first-order valence-electron chi connectivity index (χ1n) is 9.78. The normalized spacial score (nSPS) is 11.3. The van der Waals surface area contributed by atoms with Crippen molar-refractivity contribution in [3.8, 4) is 11.4 Å². The molecule has 1 aromatic carbocycles. The van der Waals surface area contributed by atoms with Gasteiger partial charge >= 0.3 is 12.0 Å². The second-order valence-corrected chi connectivity index (χ2v) is 7.05. The fourth-order valence-corrected chi connectivity index (χ4v) is 2.54. The van der Waals surface area contributed by atoms with Crippen molar-refractivity contribution in [1.29, 1.82) is 0 Å². The number of hydrogen-bond donors (Lipinski definition) is 2. The lowest BCUT2D eigenvalue weighted by Gasteiger charge is -2.11. The molecule has 0 atom stereocenters. The van der Waals surface area contributed by atoms with Crippen LogP contribution in [0.25, 0.3) is 23.2 Å². The number of carbonyl (C=O) groups is 3. The molecule has 3 aromatic rings. The van der Waals surface area contributed by atoms with Crippen LogP contribution in [0.2, 0.25) is 0 Å². The van der Waals surface area contributed by atoms with E-state index in [1.165, 1.54) is 17.0 Å². The van der Waals surface area contributed by atoms with Crippen LogP contribution in [0, 0.1) is 5.92 Å². The fraction of sp³-hybridized carbons (Fsp3) is 0.238. The van der Waals surface area contributed by atoms with Crippen molar-refractivity contribution in [2.75, 3.05) is 13.2 Å². The van der Waals surface area contributed by atoms with Crippen LogP contribution in [0.1, 0.15) is 19.6 Å². The number of imide groups is 1. The number of nitrogens with zero attached hydrogens (tertiary/aromatic N) is 4. The molecule has 0 fully saturated rings. The number of aromatic nitrogens is 4. The van der Waals surface area contributed by atoms with Gasteiger partial charge in [-0.25, -0.2) is 9.59 Å². The average molecular weight is 438 g/mol. The summed E-state index contributed by atoms with van der Waals surface area (Å²) < 4.78 is 11.6. The van der Waals surface area contributed by atoms with Crippen molar-refractivity contribution in [2.45, 2.75) is 13.8 Å². The van der Waals surface area contributed by atoms with E-state index in [9.17, 15) is 14.4 Å². The van der Waals surface area contributed by atoms with Crippen molar-refractivity contribution >= 4 is 29.7 Å². The number of furan rings is 1. The van der Waals surface area contributed by atoms with E-state index in [1.54, 1.807) is 36.4 Å². The van der Waals surface area contributed by atoms with E-state index in [2.05, 4.69) is 26.2 Å². The van der Waals surface area contributed by atoms with Crippen molar-refractivity contribution in [3.05, 3.63) is 54.5 Å². The minimum Gasteiger partial charge on any atom is -0.465 e. The molecule has 0 saturated heterocycles. The number of rotatable bonds is 8. The van der Waals surface area contributed by atoms with Crippen molar-refractivity contribution in [1.82, 2.24) is 30.8 Å². The summed E-state index contributed by atoms with van der Waals surface area (Å²) in [5.41, 5.74) is 0.580. The highest BCUT2D eigenvalue weighted by Gasteiger charge is 2.22. The maximum atomic E-state index is 12.8. The molecule has 0 saturated carbocycles. The van der Waals surface area contributed by atoms with E-state index >= 15 is 0 Å². The topological polar surface area (TPSA) is 141 Å². The largest absolute Gasteiger partial charge is 0.465 e. The van der Waals surface area contributed by atoms with Crippen LogP contribution in [0.4, 0.5) is 4.79 Å². The molecule has 3 rings (SSSR count). The van der Waals surface area contributed by atoms with Crippen LogP contribution >= 0.6 is 0 Å². The highest BCUT2D eigenvalue weighted by Crippen LogP contribution is 2.21. The summed E-state index contributed by atoms with van der Waals surface area (Å²) in [6, 6.07) is 11.6. The number of amides is 3. The van der Waals surface area contributed by atoms with Gasteiger partial charge in [-0.1, -0.05) is 44.2 Å². The minimum atomic E-state index is -0.886. The zero-order chi connectivity index (χ0) is 22.9. The quantitative estimate of drug-likeness (QED) is 0.402. The average Bonchev–Trinajstić information content (AvgIpc) is 3.47. The van der Waals surface area contributed by atoms with Crippen molar-refractivity contribution in [2.24, 2.45) is 5.92 Å². The van der Waals surface area contributed by atoms with Crippen LogP contribution in [0.3, 0.4) is 0 Å². The van der Waals surface area contributed by atoms with Crippen LogP contribution in [0.5, 0.6) is 0 Å². The molecule has 11 heteroatoms. The smallest absolute Gasteiger partial charge is 0.357 e. The van der Waals surface area contributed by atoms with E-state index in [4.69, 9.17) is 9.15 Å². The third kappa shape index (κ3) is 6.11. The lowest BCUT2D eigenvalue weighted by molar-refractivity contribution is -0.142. The SMILES string of the molecule is CC(C)CNC(=O)NC(=O)COC(=O)/C(=C\c1ccco1)n1nnnc1-c1ccccc1.